The number of halogens is 1. The van der Waals surface area contributed by atoms with E-state index in [9.17, 15) is 4.79 Å². The van der Waals surface area contributed by atoms with Crippen LogP contribution in [0.15, 0.2) is 71.8 Å². The van der Waals surface area contributed by atoms with Crippen molar-refractivity contribution in [2.45, 2.75) is 26.0 Å². The highest BCUT2D eigenvalue weighted by molar-refractivity contribution is 6.30. The number of benzene rings is 2. The lowest BCUT2D eigenvalue weighted by Gasteiger charge is -2.14. The van der Waals surface area contributed by atoms with Crippen molar-refractivity contribution >= 4 is 22.5 Å². The Morgan fingerprint density at radius 2 is 1.88 bits per heavy atom. The predicted molar refractivity (Wildman–Crippen MR) is 127 cm³/mol. The Labute approximate surface area is 191 Å². The Morgan fingerprint density at radius 3 is 2.69 bits per heavy atom. The summed E-state index contributed by atoms with van der Waals surface area (Å²) < 4.78 is 9.44. The zero-order valence-electron chi connectivity index (χ0n) is 17.8. The summed E-state index contributed by atoms with van der Waals surface area (Å²) in [7, 11) is 0. The summed E-state index contributed by atoms with van der Waals surface area (Å²) >= 11 is 6.01. The van der Waals surface area contributed by atoms with Gasteiger partial charge < -0.3 is 9.64 Å². The quantitative estimate of drug-likeness (QED) is 0.417. The van der Waals surface area contributed by atoms with Crippen molar-refractivity contribution in [3.05, 3.63) is 87.9 Å². The number of aromatic nitrogens is 3. The number of hydrogen-bond acceptors (Lipinski definition) is 4. The van der Waals surface area contributed by atoms with E-state index in [0.717, 1.165) is 35.2 Å². The first-order chi connectivity index (χ1) is 15.7. The largest absolute Gasteiger partial charge is 0.489 e. The Hall–Kier alpha value is -3.09. The molecule has 0 unspecified atom stereocenters. The topological polar surface area (TPSA) is 52.3 Å². The number of ether oxygens (including phenoxy) is 1. The van der Waals surface area contributed by atoms with Crippen LogP contribution < -0.4 is 10.3 Å². The van der Waals surface area contributed by atoms with Crippen molar-refractivity contribution < 1.29 is 4.74 Å². The van der Waals surface area contributed by atoms with Gasteiger partial charge in [0.2, 0.25) is 0 Å². The van der Waals surface area contributed by atoms with Crippen LogP contribution in [0.2, 0.25) is 5.02 Å². The summed E-state index contributed by atoms with van der Waals surface area (Å²) in [6.45, 7) is 4.62. The van der Waals surface area contributed by atoms with Crippen molar-refractivity contribution in [2.75, 3.05) is 19.6 Å². The third-order valence-electron chi connectivity index (χ3n) is 5.92. The van der Waals surface area contributed by atoms with Gasteiger partial charge in [-0.15, -0.1) is 0 Å². The molecule has 1 aliphatic heterocycles. The van der Waals surface area contributed by atoms with Crippen LogP contribution >= 0.6 is 11.6 Å². The first-order valence-electron chi connectivity index (χ1n) is 10.9. The van der Waals surface area contributed by atoms with E-state index in [2.05, 4.69) is 10.00 Å². The van der Waals surface area contributed by atoms with Crippen molar-refractivity contribution in [2.24, 2.45) is 0 Å². The highest BCUT2D eigenvalue weighted by Crippen LogP contribution is 2.20. The summed E-state index contributed by atoms with van der Waals surface area (Å²) in [5.41, 5.74) is 2.70. The molecule has 0 amide bonds. The Balaban J connectivity index is 1.30. The first-order valence-corrected chi connectivity index (χ1v) is 11.3. The Bertz CT molecular complexity index is 1290. The molecule has 1 fully saturated rings. The van der Waals surface area contributed by atoms with Crippen LogP contribution in [-0.2, 0) is 13.2 Å². The normalized spacial score (nSPS) is 14.3. The van der Waals surface area contributed by atoms with Crippen LogP contribution in [0.4, 0.5) is 0 Å². The van der Waals surface area contributed by atoms with E-state index in [0.29, 0.717) is 17.4 Å². The summed E-state index contributed by atoms with van der Waals surface area (Å²) in [5.74, 6) is 0.530. The lowest BCUT2D eigenvalue weighted by molar-refractivity contribution is 0.305. The third-order valence-corrected chi connectivity index (χ3v) is 6.15. The monoisotopic (exact) mass is 448 g/mol. The standard InChI is InChI=1S/C25H25ClN4O2/c26-21-5-3-4-19(14-21)18-32-23-8-11-29(25(31)16-23)22-6-7-24-20(15-22)17-27-30(24)13-12-28-9-1-2-10-28/h3-8,11,14-17H,1-2,9-10,12-13,18H2. The predicted octanol–water partition coefficient (Wildman–Crippen LogP) is 4.52. The van der Waals surface area contributed by atoms with Crippen LogP contribution in [-0.4, -0.2) is 38.9 Å². The van der Waals surface area contributed by atoms with E-state index >= 15 is 0 Å². The molecule has 1 saturated heterocycles. The summed E-state index contributed by atoms with van der Waals surface area (Å²) in [6, 6.07) is 16.8. The second-order valence-electron chi connectivity index (χ2n) is 8.15. The van der Waals surface area contributed by atoms with Crippen molar-refractivity contribution in [3.63, 3.8) is 0 Å². The Kier molecular flexibility index (Phi) is 5.97. The van der Waals surface area contributed by atoms with Crippen molar-refractivity contribution in [1.29, 1.82) is 0 Å². The fourth-order valence-corrected chi connectivity index (χ4v) is 4.42. The molecule has 0 saturated carbocycles. The van der Waals surface area contributed by atoms with Gasteiger partial charge in [0.1, 0.15) is 12.4 Å². The molecule has 1 aliphatic rings. The van der Waals surface area contributed by atoms with Gasteiger partial charge in [0.15, 0.2) is 0 Å². The third kappa shape index (κ3) is 4.56. The fourth-order valence-electron chi connectivity index (χ4n) is 4.20. The maximum absolute atomic E-state index is 12.7. The van der Waals surface area contributed by atoms with Crippen LogP contribution in [0, 0.1) is 0 Å². The summed E-state index contributed by atoms with van der Waals surface area (Å²) in [5, 5.41) is 6.25. The molecule has 7 heteroatoms. The molecule has 32 heavy (non-hydrogen) atoms. The van der Waals surface area contributed by atoms with Crippen LogP contribution in [0.3, 0.4) is 0 Å². The van der Waals surface area contributed by atoms with E-state index in [1.165, 1.54) is 32.0 Å². The van der Waals surface area contributed by atoms with Crippen LogP contribution in [0.25, 0.3) is 16.6 Å². The minimum atomic E-state index is -0.144. The summed E-state index contributed by atoms with van der Waals surface area (Å²) in [4.78, 5) is 15.2. The number of hydrogen-bond donors (Lipinski definition) is 0. The number of rotatable bonds is 7. The molecule has 3 heterocycles. The van der Waals surface area contributed by atoms with Gasteiger partial charge in [0.25, 0.3) is 5.56 Å². The molecule has 0 spiro atoms. The smallest absolute Gasteiger partial charge is 0.258 e. The number of pyridine rings is 1. The molecular weight excluding hydrogens is 424 g/mol. The van der Waals surface area contributed by atoms with Gasteiger partial charge in [-0.05, 0) is 67.9 Å². The van der Waals surface area contributed by atoms with Gasteiger partial charge >= 0.3 is 0 Å². The van der Waals surface area contributed by atoms with Crippen molar-refractivity contribution in [3.8, 4) is 11.4 Å². The van der Waals surface area contributed by atoms with E-state index < -0.39 is 0 Å². The molecule has 2 aromatic heterocycles. The molecule has 4 aromatic rings. The molecule has 0 radical (unpaired) electrons. The van der Waals surface area contributed by atoms with Gasteiger partial charge in [-0.1, -0.05) is 23.7 Å². The average Bonchev–Trinajstić information content (AvgIpc) is 3.46. The SMILES string of the molecule is O=c1cc(OCc2cccc(Cl)c2)ccn1-c1ccc2c(cnn2CCN2CCCC2)c1. The van der Waals surface area contributed by atoms with Gasteiger partial charge in [-0.25, -0.2) is 0 Å². The zero-order chi connectivity index (χ0) is 21.9. The van der Waals surface area contributed by atoms with Gasteiger partial charge in [-0.2, -0.15) is 5.10 Å². The maximum atomic E-state index is 12.7. The van der Waals surface area contributed by atoms with Crippen molar-refractivity contribution in [1.82, 2.24) is 19.2 Å². The Morgan fingerprint density at radius 1 is 1.00 bits per heavy atom. The summed E-state index contributed by atoms with van der Waals surface area (Å²) in [6.07, 6.45) is 6.20. The van der Waals surface area contributed by atoms with Gasteiger partial charge in [-0.3, -0.25) is 14.0 Å². The molecule has 0 aliphatic carbocycles. The minimum Gasteiger partial charge on any atom is -0.489 e. The highest BCUT2D eigenvalue weighted by Gasteiger charge is 2.12. The van der Waals surface area contributed by atoms with E-state index in [4.69, 9.17) is 16.3 Å². The van der Waals surface area contributed by atoms with Gasteiger partial charge in [0.05, 0.1) is 18.3 Å². The average molecular weight is 449 g/mol. The highest BCUT2D eigenvalue weighted by atomic mass is 35.5. The van der Waals surface area contributed by atoms with E-state index in [1.54, 1.807) is 16.8 Å². The van der Waals surface area contributed by atoms with Crippen LogP contribution in [0.5, 0.6) is 5.75 Å². The molecule has 6 nitrogen and oxygen atoms in total. The molecule has 164 valence electrons. The lowest BCUT2D eigenvalue weighted by atomic mass is 10.2. The molecule has 0 N–H and O–H groups in total. The zero-order valence-corrected chi connectivity index (χ0v) is 18.5. The number of fused-ring (bicyclic) bond motifs is 1. The second-order valence-corrected chi connectivity index (χ2v) is 8.59. The number of nitrogens with zero attached hydrogens (tertiary/aromatic N) is 4. The van der Waals surface area contributed by atoms with E-state index in [1.807, 2.05) is 53.3 Å². The van der Waals surface area contributed by atoms with E-state index in [-0.39, 0.29) is 5.56 Å². The molecule has 2 aromatic carbocycles. The second kappa shape index (κ2) is 9.18. The maximum Gasteiger partial charge on any atom is 0.258 e. The van der Waals surface area contributed by atoms with Gasteiger partial charge in [0, 0.05) is 34.9 Å². The molecule has 0 atom stereocenters. The number of likely N-dealkylation sites (tertiary alicyclic amines) is 1. The fraction of sp³-hybridized carbons (Fsp3) is 0.280. The first kappa shape index (κ1) is 20.8. The lowest BCUT2D eigenvalue weighted by Crippen LogP contribution is -2.24. The minimum absolute atomic E-state index is 0.144. The molecular formula is C25H25ClN4O2. The molecule has 5 rings (SSSR count). The van der Waals surface area contributed by atoms with Crippen LogP contribution in [0.1, 0.15) is 18.4 Å². The molecule has 0 bridgehead atoms.